The third-order valence-corrected chi connectivity index (χ3v) is 3.07. The quantitative estimate of drug-likeness (QED) is 0.701. The van der Waals surface area contributed by atoms with E-state index in [0.717, 1.165) is 32.6 Å². The van der Waals surface area contributed by atoms with E-state index in [9.17, 15) is 0 Å². The zero-order valence-electron chi connectivity index (χ0n) is 13.9. The summed E-state index contributed by atoms with van der Waals surface area (Å²) in [7, 11) is 3.80. The van der Waals surface area contributed by atoms with Crippen molar-refractivity contribution >= 4 is 11.9 Å². The Bertz CT molecular complexity index is 408. The largest absolute Gasteiger partial charge is 0.462 e. The molecule has 1 N–H and O–H groups in total. The molecule has 0 aliphatic carbocycles. The van der Waals surface area contributed by atoms with Crippen LogP contribution in [0.1, 0.15) is 27.2 Å². The maximum Gasteiger partial charge on any atom is 0.323 e. The number of ether oxygens (including phenoxy) is 1. The number of likely N-dealkylation sites (N-methyl/N-ethyl adjacent to an activating group) is 1. The molecule has 0 spiro atoms. The Labute approximate surface area is 127 Å². The number of hydrogen-bond acceptors (Lipinski definition) is 7. The molecule has 0 unspecified atom stereocenters. The summed E-state index contributed by atoms with van der Waals surface area (Å²) in [5.74, 6) is 1.16. The molecule has 1 aromatic heterocycles. The minimum atomic E-state index is 0.374. The zero-order chi connectivity index (χ0) is 15.7. The monoisotopic (exact) mass is 296 g/mol. The average molecular weight is 296 g/mol. The first kappa shape index (κ1) is 17.4. The van der Waals surface area contributed by atoms with E-state index in [-0.39, 0.29) is 0 Å². The smallest absolute Gasteiger partial charge is 0.323 e. The molecule has 7 heteroatoms. The van der Waals surface area contributed by atoms with Crippen molar-refractivity contribution in [2.75, 3.05) is 57.1 Å². The van der Waals surface area contributed by atoms with Crippen molar-refractivity contribution in [1.82, 2.24) is 19.9 Å². The molecular formula is C14H28N6O. The molecule has 0 aromatic carbocycles. The van der Waals surface area contributed by atoms with Crippen LogP contribution in [0.2, 0.25) is 0 Å². The van der Waals surface area contributed by atoms with Crippen molar-refractivity contribution in [2.24, 2.45) is 0 Å². The molecule has 0 saturated carbocycles. The predicted octanol–water partition coefficient (Wildman–Crippen LogP) is 1.48. The van der Waals surface area contributed by atoms with Crippen LogP contribution in [-0.2, 0) is 0 Å². The number of anilines is 2. The first-order valence-electron chi connectivity index (χ1n) is 7.63. The molecular weight excluding hydrogens is 268 g/mol. The lowest BCUT2D eigenvalue weighted by molar-refractivity contribution is 0.212. The summed E-state index contributed by atoms with van der Waals surface area (Å²) in [5, 5.41) is 3.17. The maximum absolute atomic E-state index is 5.68. The van der Waals surface area contributed by atoms with Gasteiger partial charge in [0.25, 0.3) is 0 Å². The van der Waals surface area contributed by atoms with E-state index in [0.29, 0.717) is 24.5 Å². The first-order valence-corrected chi connectivity index (χ1v) is 7.63. The third kappa shape index (κ3) is 6.12. The van der Waals surface area contributed by atoms with Crippen molar-refractivity contribution in [3.63, 3.8) is 0 Å². The number of aromatic nitrogens is 3. The topological polar surface area (TPSA) is 66.4 Å². The van der Waals surface area contributed by atoms with E-state index in [4.69, 9.17) is 4.74 Å². The predicted molar refractivity (Wildman–Crippen MR) is 86.2 cm³/mol. The van der Waals surface area contributed by atoms with Crippen molar-refractivity contribution in [3.05, 3.63) is 0 Å². The number of hydrogen-bond donors (Lipinski definition) is 1. The lowest BCUT2D eigenvalue weighted by Gasteiger charge is -2.18. The van der Waals surface area contributed by atoms with Gasteiger partial charge in [0.15, 0.2) is 0 Å². The van der Waals surface area contributed by atoms with Gasteiger partial charge in [-0.1, -0.05) is 20.8 Å². The normalized spacial score (nSPS) is 10.8. The molecule has 0 amide bonds. The summed E-state index contributed by atoms with van der Waals surface area (Å²) in [5.41, 5.74) is 0. The Hall–Kier alpha value is -1.63. The number of rotatable bonds is 10. The standard InChI is InChI=1S/C14H28N6O/c1-6-9-15-12-16-13(19(4)5)18-14(17-12)21-11-10-20(7-2)8-3/h6-11H2,1-5H3,(H,15,16,17,18). The Kier molecular flexibility index (Phi) is 7.74. The number of nitrogens with zero attached hydrogens (tertiary/aromatic N) is 5. The minimum absolute atomic E-state index is 0.374. The summed E-state index contributed by atoms with van der Waals surface area (Å²) in [6.07, 6.45) is 1.02. The molecule has 1 rings (SSSR count). The van der Waals surface area contributed by atoms with Gasteiger partial charge >= 0.3 is 6.01 Å². The molecule has 0 saturated heterocycles. The molecule has 21 heavy (non-hydrogen) atoms. The summed E-state index contributed by atoms with van der Waals surface area (Å²) < 4.78 is 5.68. The lowest BCUT2D eigenvalue weighted by atomic mass is 10.5. The summed E-state index contributed by atoms with van der Waals surface area (Å²) in [4.78, 5) is 17.1. The minimum Gasteiger partial charge on any atom is -0.462 e. The van der Waals surface area contributed by atoms with Crippen molar-refractivity contribution in [3.8, 4) is 6.01 Å². The van der Waals surface area contributed by atoms with Crippen LogP contribution in [0.25, 0.3) is 0 Å². The third-order valence-electron chi connectivity index (χ3n) is 3.07. The van der Waals surface area contributed by atoms with Crippen LogP contribution in [0.5, 0.6) is 6.01 Å². The van der Waals surface area contributed by atoms with Crippen LogP contribution in [0, 0.1) is 0 Å². The van der Waals surface area contributed by atoms with Gasteiger partial charge in [0.05, 0.1) is 0 Å². The van der Waals surface area contributed by atoms with Gasteiger partial charge < -0.3 is 19.9 Å². The summed E-state index contributed by atoms with van der Waals surface area (Å²) >= 11 is 0. The van der Waals surface area contributed by atoms with Crippen LogP contribution in [0.4, 0.5) is 11.9 Å². The molecule has 0 aliphatic heterocycles. The highest BCUT2D eigenvalue weighted by molar-refractivity contribution is 5.36. The van der Waals surface area contributed by atoms with E-state index < -0.39 is 0 Å². The highest BCUT2D eigenvalue weighted by Gasteiger charge is 2.09. The summed E-state index contributed by atoms with van der Waals surface area (Å²) in [6.45, 7) is 10.7. The molecule has 0 fully saturated rings. The Balaban J connectivity index is 2.68. The molecule has 1 heterocycles. The Morgan fingerprint density at radius 2 is 1.76 bits per heavy atom. The molecule has 0 atom stereocenters. The van der Waals surface area contributed by atoms with Gasteiger partial charge in [0.1, 0.15) is 6.61 Å². The van der Waals surface area contributed by atoms with Crippen LogP contribution >= 0.6 is 0 Å². The molecule has 120 valence electrons. The van der Waals surface area contributed by atoms with E-state index >= 15 is 0 Å². The highest BCUT2D eigenvalue weighted by Crippen LogP contribution is 2.13. The van der Waals surface area contributed by atoms with Gasteiger partial charge in [0.2, 0.25) is 11.9 Å². The van der Waals surface area contributed by atoms with Crippen molar-refractivity contribution in [1.29, 1.82) is 0 Å². The van der Waals surface area contributed by atoms with Crippen LogP contribution in [-0.4, -0.2) is 66.7 Å². The SMILES string of the molecule is CCCNc1nc(OCCN(CC)CC)nc(N(C)C)n1. The molecule has 1 aromatic rings. The fraction of sp³-hybridized carbons (Fsp3) is 0.786. The van der Waals surface area contributed by atoms with Gasteiger partial charge in [0, 0.05) is 27.2 Å². The van der Waals surface area contributed by atoms with Crippen LogP contribution in [0.3, 0.4) is 0 Å². The van der Waals surface area contributed by atoms with Crippen molar-refractivity contribution in [2.45, 2.75) is 27.2 Å². The van der Waals surface area contributed by atoms with Crippen LogP contribution < -0.4 is 15.0 Å². The summed E-state index contributed by atoms with van der Waals surface area (Å²) in [6, 6.07) is 0.374. The fourth-order valence-corrected chi connectivity index (χ4v) is 1.73. The second-order valence-corrected chi connectivity index (χ2v) is 4.94. The van der Waals surface area contributed by atoms with E-state index in [1.807, 2.05) is 19.0 Å². The number of nitrogens with one attached hydrogen (secondary N) is 1. The lowest BCUT2D eigenvalue weighted by Crippen LogP contribution is -2.28. The van der Waals surface area contributed by atoms with Gasteiger partial charge in [-0.25, -0.2) is 0 Å². The maximum atomic E-state index is 5.68. The zero-order valence-corrected chi connectivity index (χ0v) is 13.9. The molecule has 0 bridgehead atoms. The Morgan fingerprint density at radius 1 is 1.05 bits per heavy atom. The van der Waals surface area contributed by atoms with E-state index in [1.54, 1.807) is 0 Å². The van der Waals surface area contributed by atoms with Gasteiger partial charge in [-0.05, 0) is 19.5 Å². The van der Waals surface area contributed by atoms with Crippen LogP contribution in [0.15, 0.2) is 0 Å². The average Bonchev–Trinajstić information content (AvgIpc) is 2.49. The Morgan fingerprint density at radius 3 is 2.33 bits per heavy atom. The van der Waals surface area contributed by atoms with Gasteiger partial charge in [-0.15, -0.1) is 0 Å². The second kappa shape index (κ2) is 9.33. The molecule has 0 radical (unpaired) electrons. The van der Waals surface area contributed by atoms with Crippen molar-refractivity contribution < 1.29 is 4.74 Å². The van der Waals surface area contributed by atoms with Gasteiger partial charge in [-0.3, -0.25) is 0 Å². The highest BCUT2D eigenvalue weighted by atomic mass is 16.5. The molecule has 7 nitrogen and oxygen atoms in total. The van der Waals surface area contributed by atoms with E-state index in [2.05, 4.69) is 45.9 Å². The van der Waals surface area contributed by atoms with Gasteiger partial charge in [-0.2, -0.15) is 15.0 Å². The molecule has 0 aliphatic rings. The van der Waals surface area contributed by atoms with E-state index in [1.165, 1.54) is 0 Å². The first-order chi connectivity index (χ1) is 10.1. The fourth-order valence-electron chi connectivity index (χ4n) is 1.73. The second-order valence-electron chi connectivity index (χ2n) is 4.94.